The van der Waals surface area contributed by atoms with E-state index in [1.807, 2.05) is 30.3 Å². The van der Waals surface area contributed by atoms with Crippen LogP contribution in [-0.4, -0.2) is 23.5 Å². The summed E-state index contributed by atoms with van der Waals surface area (Å²) in [7, 11) is 1.36. The molecule has 1 N–H and O–H groups in total. The van der Waals surface area contributed by atoms with E-state index in [4.69, 9.17) is 9.47 Å². The maximum Gasteiger partial charge on any atom is 0.412 e. The largest absolute Gasteiger partial charge is 0.468 e. The minimum Gasteiger partial charge on any atom is -0.468 e. The lowest BCUT2D eigenvalue weighted by Gasteiger charge is -2.15. The van der Waals surface area contributed by atoms with Crippen molar-refractivity contribution in [1.29, 1.82) is 0 Å². The normalized spacial score (nSPS) is 14.4. The first-order chi connectivity index (χ1) is 18.7. The molecule has 1 heterocycles. The molecule has 1 aromatic heterocycles. The molecule has 6 nitrogen and oxygen atoms in total. The van der Waals surface area contributed by atoms with Crippen molar-refractivity contribution in [3.8, 4) is 21.6 Å². The number of nitrogens with zero attached hydrogens (tertiary/aromatic N) is 1. The summed E-state index contributed by atoms with van der Waals surface area (Å²) in [6.07, 6.45) is 0.151. The molecule has 0 saturated heterocycles. The topological polar surface area (TPSA) is 77.5 Å². The third-order valence-electron chi connectivity index (χ3n) is 7.02. The molecule has 200 valence electrons. The first-order valence-electron chi connectivity index (χ1n) is 12.4. The molecule has 0 spiro atoms. The second-order valence-electron chi connectivity index (χ2n) is 9.52. The average Bonchev–Trinajstić information content (AvgIpc) is 3.69. The minimum absolute atomic E-state index is 0.0208. The highest BCUT2D eigenvalue weighted by atomic mass is 32.1. The summed E-state index contributed by atoms with van der Waals surface area (Å²) < 4.78 is 45.4. The van der Waals surface area contributed by atoms with Crippen LogP contribution in [0.15, 0.2) is 66.7 Å². The monoisotopic (exact) mass is 548 g/mol. The Morgan fingerprint density at radius 1 is 1.00 bits per heavy atom. The van der Waals surface area contributed by atoms with E-state index < -0.39 is 29.2 Å². The molecule has 3 aromatic carbocycles. The van der Waals surface area contributed by atoms with E-state index in [0.29, 0.717) is 24.1 Å². The van der Waals surface area contributed by atoms with Gasteiger partial charge in [0.1, 0.15) is 17.7 Å². The van der Waals surface area contributed by atoms with Crippen LogP contribution in [0.1, 0.15) is 42.7 Å². The highest BCUT2D eigenvalue weighted by molar-refractivity contribution is 7.10. The van der Waals surface area contributed by atoms with E-state index in [0.717, 1.165) is 34.8 Å². The maximum atomic E-state index is 15.4. The van der Waals surface area contributed by atoms with Crippen molar-refractivity contribution in [2.24, 2.45) is 0 Å². The Kier molecular flexibility index (Phi) is 7.18. The van der Waals surface area contributed by atoms with Crippen molar-refractivity contribution in [2.45, 2.75) is 38.2 Å². The van der Waals surface area contributed by atoms with Gasteiger partial charge >= 0.3 is 12.1 Å². The smallest absolute Gasteiger partial charge is 0.412 e. The Balaban J connectivity index is 1.38. The number of carbonyl (C=O) groups excluding carboxylic acids is 2. The van der Waals surface area contributed by atoms with E-state index >= 15 is 8.78 Å². The fraction of sp³-hybridized carbons (Fsp3) is 0.233. The van der Waals surface area contributed by atoms with Crippen LogP contribution in [0.3, 0.4) is 0 Å². The van der Waals surface area contributed by atoms with Crippen molar-refractivity contribution in [2.75, 3.05) is 12.4 Å². The van der Waals surface area contributed by atoms with Crippen LogP contribution in [-0.2, 0) is 19.7 Å². The molecule has 1 aliphatic rings. The second kappa shape index (κ2) is 10.6. The van der Waals surface area contributed by atoms with Crippen LogP contribution in [0.4, 0.5) is 19.3 Å². The zero-order valence-corrected chi connectivity index (χ0v) is 22.4. The number of hydrogen-bond acceptors (Lipinski definition) is 6. The quantitative estimate of drug-likeness (QED) is 0.241. The summed E-state index contributed by atoms with van der Waals surface area (Å²) in [4.78, 5) is 25.1. The summed E-state index contributed by atoms with van der Waals surface area (Å²) in [5.74, 6) is -1.59. The number of ether oxygens (including phenoxy) is 2. The lowest BCUT2D eigenvalue weighted by molar-refractivity contribution is -0.143. The Morgan fingerprint density at radius 3 is 2.28 bits per heavy atom. The summed E-state index contributed by atoms with van der Waals surface area (Å²) in [5, 5.41) is 2.65. The van der Waals surface area contributed by atoms with Crippen LogP contribution in [0.25, 0.3) is 21.6 Å². The van der Waals surface area contributed by atoms with Gasteiger partial charge in [0.25, 0.3) is 0 Å². The van der Waals surface area contributed by atoms with Gasteiger partial charge in [0.05, 0.1) is 28.8 Å². The number of anilines is 1. The van der Waals surface area contributed by atoms with Gasteiger partial charge in [-0.15, -0.1) is 0 Å². The molecule has 1 amide bonds. The number of rotatable bonds is 7. The Morgan fingerprint density at radius 2 is 1.64 bits per heavy atom. The van der Waals surface area contributed by atoms with Gasteiger partial charge in [0, 0.05) is 11.1 Å². The summed E-state index contributed by atoms with van der Waals surface area (Å²) in [6, 6.07) is 18.3. The van der Waals surface area contributed by atoms with Crippen LogP contribution < -0.4 is 5.32 Å². The molecule has 1 fully saturated rings. The van der Waals surface area contributed by atoms with Crippen molar-refractivity contribution in [1.82, 2.24) is 4.37 Å². The van der Waals surface area contributed by atoms with Crippen molar-refractivity contribution < 1.29 is 27.8 Å². The average molecular weight is 549 g/mol. The second-order valence-corrected chi connectivity index (χ2v) is 10.3. The molecular formula is C30H26F2N2O4S. The fourth-order valence-electron chi connectivity index (χ4n) is 4.63. The summed E-state index contributed by atoms with van der Waals surface area (Å²) >= 11 is 0.957. The number of amides is 1. The van der Waals surface area contributed by atoms with Gasteiger partial charge in [0.2, 0.25) is 0 Å². The number of aryl methyl sites for hydroxylation is 1. The lowest BCUT2D eigenvalue weighted by atomic mass is 9.93. The summed E-state index contributed by atoms with van der Waals surface area (Å²) in [5.41, 5.74) is 2.22. The van der Waals surface area contributed by atoms with Gasteiger partial charge in [-0.05, 0) is 67.0 Å². The Hall–Kier alpha value is -4.11. The molecule has 0 aliphatic heterocycles. The Bertz CT molecular complexity index is 1530. The van der Waals surface area contributed by atoms with Crippen molar-refractivity contribution >= 4 is 29.3 Å². The number of methoxy groups -OCH3 is 1. The van der Waals surface area contributed by atoms with Gasteiger partial charge in [0.15, 0.2) is 0 Å². The van der Waals surface area contributed by atoms with Gasteiger partial charge < -0.3 is 9.47 Å². The van der Waals surface area contributed by atoms with Crippen LogP contribution in [0, 0.1) is 18.6 Å². The third kappa shape index (κ3) is 5.14. The minimum atomic E-state index is -0.728. The molecule has 0 radical (unpaired) electrons. The molecular weight excluding hydrogens is 522 g/mol. The number of aromatic nitrogens is 1. The molecule has 0 unspecified atom stereocenters. The van der Waals surface area contributed by atoms with Gasteiger partial charge in [-0.2, -0.15) is 4.37 Å². The highest BCUT2D eigenvalue weighted by Gasteiger charge is 2.52. The van der Waals surface area contributed by atoms with Gasteiger partial charge in [-0.1, -0.05) is 54.6 Å². The number of halogens is 2. The van der Waals surface area contributed by atoms with E-state index in [2.05, 4.69) is 9.69 Å². The molecule has 0 bridgehead atoms. The first kappa shape index (κ1) is 26.5. The summed E-state index contributed by atoms with van der Waals surface area (Å²) in [6.45, 7) is 3.41. The number of hydrogen-bond donors (Lipinski definition) is 1. The molecule has 5 rings (SSSR count). The van der Waals surface area contributed by atoms with E-state index in [1.165, 1.54) is 7.11 Å². The number of esters is 1. The fourth-order valence-corrected chi connectivity index (χ4v) is 5.49. The van der Waals surface area contributed by atoms with Gasteiger partial charge in [-0.3, -0.25) is 10.1 Å². The van der Waals surface area contributed by atoms with Crippen LogP contribution >= 0.6 is 11.5 Å². The van der Waals surface area contributed by atoms with E-state index in [-0.39, 0.29) is 27.7 Å². The molecule has 39 heavy (non-hydrogen) atoms. The molecule has 1 saturated carbocycles. The standard InChI is InChI=1S/C30H26F2N2O4S/c1-17-26(33-29(36)38-18(2)19-7-5-4-6-8-19)27(39-34-17)23-16-24(31)22(15-25(23)32)20-9-11-21(12-10-20)30(13-14-30)28(35)37-3/h4-12,15-16,18H,13-14H2,1-3H3,(H,33,36)/t18-/m1/s1. The van der Waals surface area contributed by atoms with E-state index in [9.17, 15) is 9.59 Å². The third-order valence-corrected chi connectivity index (χ3v) is 7.99. The number of nitrogens with one attached hydrogen (secondary N) is 1. The van der Waals surface area contributed by atoms with Crippen LogP contribution in [0.2, 0.25) is 0 Å². The molecule has 1 aliphatic carbocycles. The SMILES string of the molecule is COC(=O)C1(c2ccc(-c3cc(F)c(-c4snc(C)c4NC(=O)O[C@H](C)c4ccccc4)cc3F)cc2)CC1. The predicted molar refractivity (Wildman–Crippen MR) is 146 cm³/mol. The lowest BCUT2D eigenvalue weighted by Crippen LogP contribution is -2.21. The van der Waals surface area contributed by atoms with Crippen molar-refractivity contribution in [3.63, 3.8) is 0 Å². The zero-order chi connectivity index (χ0) is 27.7. The zero-order valence-electron chi connectivity index (χ0n) is 21.6. The Labute approximate surface area is 228 Å². The highest BCUT2D eigenvalue weighted by Crippen LogP contribution is 2.49. The maximum absolute atomic E-state index is 15.4. The number of benzene rings is 3. The van der Waals surface area contributed by atoms with E-state index in [1.54, 1.807) is 38.1 Å². The molecule has 1 atom stereocenters. The predicted octanol–water partition coefficient (Wildman–Crippen LogP) is 7.58. The van der Waals surface area contributed by atoms with Crippen molar-refractivity contribution in [3.05, 3.63) is 95.2 Å². The van der Waals surface area contributed by atoms with Crippen LogP contribution in [0.5, 0.6) is 0 Å². The molecule has 4 aromatic rings. The van der Waals surface area contributed by atoms with Gasteiger partial charge in [-0.25, -0.2) is 13.6 Å². The number of carbonyl (C=O) groups is 2. The molecule has 9 heteroatoms. The first-order valence-corrected chi connectivity index (χ1v) is 13.2.